The second-order valence-corrected chi connectivity index (χ2v) is 5.48. The highest BCUT2D eigenvalue weighted by Crippen LogP contribution is 2.55. The molecule has 0 aromatic heterocycles. The van der Waals surface area contributed by atoms with Crippen LogP contribution in [0.25, 0.3) is 0 Å². The maximum Gasteiger partial charge on any atom is 0.416 e. The van der Waals surface area contributed by atoms with E-state index in [1.54, 1.807) is 6.92 Å². The van der Waals surface area contributed by atoms with E-state index in [2.05, 4.69) is 0 Å². The fourth-order valence-electron chi connectivity index (χ4n) is 2.84. The van der Waals surface area contributed by atoms with Crippen LogP contribution in [-0.2, 0) is 11.6 Å². The lowest BCUT2D eigenvalue weighted by atomic mass is 9.85. The van der Waals surface area contributed by atoms with Crippen molar-refractivity contribution >= 4 is 0 Å². The van der Waals surface area contributed by atoms with Crippen LogP contribution < -0.4 is 15.2 Å². The van der Waals surface area contributed by atoms with Crippen LogP contribution in [0.3, 0.4) is 0 Å². The number of hydrogen-bond donors (Lipinski definition) is 1. The van der Waals surface area contributed by atoms with Crippen LogP contribution in [0.1, 0.15) is 30.9 Å². The lowest BCUT2D eigenvalue weighted by Gasteiger charge is -2.27. The Labute approximate surface area is 114 Å². The van der Waals surface area contributed by atoms with Gasteiger partial charge in [0.15, 0.2) is 11.5 Å². The van der Waals surface area contributed by atoms with E-state index in [-0.39, 0.29) is 24.0 Å². The minimum absolute atomic E-state index is 0.160. The van der Waals surface area contributed by atoms with Crippen LogP contribution in [0.4, 0.5) is 13.2 Å². The second kappa shape index (κ2) is 4.28. The Morgan fingerprint density at radius 2 is 1.70 bits per heavy atom. The molecule has 3 nitrogen and oxygen atoms in total. The molecule has 0 bridgehead atoms. The van der Waals surface area contributed by atoms with Gasteiger partial charge in [0.05, 0.1) is 5.56 Å². The number of ether oxygens (including phenoxy) is 2. The molecule has 1 fully saturated rings. The number of alkyl halides is 3. The van der Waals surface area contributed by atoms with Gasteiger partial charge in [0, 0.05) is 11.5 Å². The number of rotatable bonds is 2. The zero-order chi connectivity index (χ0) is 14.5. The van der Waals surface area contributed by atoms with Gasteiger partial charge in [0.1, 0.15) is 13.2 Å². The molecule has 1 unspecified atom stereocenters. The van der Waals surface area contributed by atoms with E-state index in [4.69, 9.17) is 15.2 Å². The topological polar surface area (TPSA) is 44.5 Å². The molecule has 0 spiro atoms. The highest BCUT2D eigenvalue weighted by molar-refractivity contribution is 5.53. The summed E-state index contributed by atoms with van der Waals surface area (Å²) in [5, 5.41) is 0. The predicted molar refractivity (Wildman–Crippen MR) is 67.0 cm³/mol. The lowest BCUT2D eigenvalue weighted by molar-refractivity contribution is -0.138. The summed E-state index contributed by atoms with van der Waals surface area (Å²) in [7, 11) is 0. The monoisotopic (exact) mass is 287 g/mol. The molecule has 0 amide bonds. The highest BCUT2D eigenvalue weighted by atomic mass is 19.4. The number of fused-ring (bicyclic) bond motifs is 1. The third kappa shape index (κ3) is 2.02. The van der Waals surface area contributed by atoms with Crippen molar-refractivity contribution in [2.45, 2.75) is 37.4 Å². The van der Waals surface area contributed by atoms with Crippen molar-refractivity contribution < 1.29 is 22.6 Å². The molecule has 0 saturated heterocycles. The fraction of sp³-hybridized carbons (Fsp3) is 0.571. The first-order chi connectivity index (χ1) is 9.34. The van der Waals surface area contributed by atoms with Crippen molar-refractivity contribution in [1.29, 1.82) is 0 Å². The number of benzene rings is 1. The van der Waals surface area contributed by atoms with Crippen LogP contribution in [0.2, 0.25) is 0 Å². The Bertz CT molecular complexity index is 536. The molecule has 6 heteroatoms. The molecular formula is C14H16F3NO2. The quantitative estimate of drug-likeness (QED) is 0.909. The Morgan fingerprint density at radius 3 is 2.15 bits per heavy atom. The number of nitrogens with two attached hydrogens (primary N) is 1. The van der Waals surface area contributed by atoms with Gasteiger partial charge in [0.2, 0.25) is 0 Å². The van der Waals surface area contributed by atoms with E-state index in [1.807, 2.05) is 0 Å². The van der Waals surface area contributed by atoms with Gasteiger partial charge in [-0.05, 0) is 37.5 Å². The van der Waals surface area contributed by atoms with E-state index >= 15 is 0 Å². The molecule has 3 rings (SSSR count). The molecule has 1 aromatic carbocycles. The molecule has 1 heterocycles. The first-order valence-electron chi connectivity index (χ1n) is 6.61. The van der Waals surface area contributed by atoms with Gasteiger partial charge in [0.25, 0.3) is 0 Å². The summed E-state index contributed by atoms with van der Waals surface area (Å²) in [5.41, 5.74) is 4.91. The molecule has 1 atom stereocenters. The molecule has 0 radical (unpaired) electrons. The smallest absolute Gasteiger partial charge is 0.416 e. The third-order valence-corrected chi connectivity index (χ3v) is 4.18. The van der Waals surface area contributed by atoms with Crippen LogP contribution >= 0.6 is 0 Å². The molecular weight excluding hydrogens is 271 g/mol. The SMILES string of the molecule is CC(N)C1(c2cc3c(cc2C(F)(F)F)OCCO3)CC1. The summed E-state index contributed by atoms with van der Waals surface area (Å²) in [6.45, 7) is 2.37. The largest absolute Gasteiger partial charge is 0.486 e. The van der Waals surface area contributed by atoms with Gasteiger partial charge < -0.3 is 15.2 Å². The molecule has 110 valence electrons. The molecule has 2 aliphatic rings. The Morgan fingerprint density at radius 1 is 1.15 bits per heavy atom. The first-order valence-corrected chi connectivity index (χ1v) is 6.61. The van der Waals surface area contributed by atoms with Gasteiger partial charge >= 0.3 is 6.18 Å². The van der Waals surface area contributed by atoms with E-state index in [9.17, 15) is 13.2 Å². The average molecular weight is 287 g/mol. The van der Waals surface area contributed by atoms with E-state index in [0.717, 1.165) is 6.07 Å². The predicted octanol–water partition coefficient (Wildman–Crippen LogP) is 2.86. The maximum absolute atomic E-state index is 13.3. The molecule has 1 aliphatic carbocycles. The highest BCUT2D eigenvalue weighted by Gasteiger charge is 2.52. The summed E-state index contributed by atoms with van der Waals surface area (Å²) in [4.78, 5) is 0. The molecule has 20 heavy (non-hydrogen) atoms. The number of hydrogen-bond acceptors (Lipinski definition) is 3. The van der Waals surface area contributed by atoms with E-state index < -0.39 is 17.2 Å². The van der Waals surface area contributed by atoms with Crippen LogP contribution in [0.5, 0.6) is 11.5 Å². The number of halogens is 3. The molecule has 1 aromatic rings. The lowest BCUT2D eigenvalue weighted by Crippen LogP contribution is -2.33. The van der Waals surface area contributed by atoms with Crippen molar-refractivity contribution in [3.63, 3.8) is 0 Å². The van der Waals surface area contributed by atoms with Gasteiger partial charge in [-0.1, -0.05) is 0 Å². The normalized spacial score (nSPS) is 21.4. The Hall–Kier alpha value is -1.43. The second-order valence-electron chi connectivity index (χ2n) is 5.48. The van der Waals surface area contributed by atoms with Crippen molar-refractivity contribution in [1.82, 2.24) is 0 Å². The van der Waals surface area contributed by atoms with Crippen molar-refractivity contribution in [2.75, 3.05) is 13.2 Å². The minimum atomic E-state index is -4.42. The summed E-state index contributed by atoms with van der Waals surface area (Å²) in [6, 6.07) is 2.19. The van der Waals surface area contributed by atoms with Crippen molar-refractivity contribution in [3.05, 3.63) is 23.3 Å². The fourth-order valence-corrected chi connectivity index (χ4v) is 2.84. The van der Waals surface area contributed by atoms with Gasteiger partial charge in [-0.2, -0.15) is 13.2 Å². The summed E-state index contributed by atoms with van der Waals surface area (Å²) in [5.74, 6) is 0.541. The van der Waals surface area contributed by atoms with Gasteiger partial charge in [-0.3, -0.25) is 0 Å². The van der Waals surface area contributed by atoms with Crippen LogP contribution in [-0.4, -0.2) is 19.3 Å². The average Bonchev–Trinajstić information content (AvgIpc) is 3.17. The third-order valence-electron chi connectivity index (χ3n) is 4.18. The van der Waals surface area contributed by atoms with E-state index in [1.165, 1.54) is 6.07 Å². The first kappa shape index (κ1) is 13.5. The molecule has 1 saturated carbocycles. The minimum Gasteiger partial charge on any atom is -0.486 e. The molecule has 2 N–H and O–H groups in total. The van der Waals surface area contributed by atoms with Crippen molar-refractivity contribution in [2.24, 2.45) is 5.73 Å². The van der Waals surface area contributed by atoms with Gasteiger partial charge in [-0.15, -0.1) is 0 Å². The summed E-state index contributed by atoms with van der Waals surface area (Å²) >= 11 is 0. The zero-order valence-electron chi connectivity index (χ0n) is 11.1. The van der Waals surface area contributed by atoms with E-state index in [0.29, 0.717) is 25.2 Å². The van der Waals surface area contributed by atoms with Crippen LogP contribution in [0, 0.1) is 0 Å². The zero-order valence-corrected chi connectivity index (χ0v) is 11.1. The van der Waals surface area contributed by atoms with Gasteiger partial charge in [-0.25, -0.2) is 0 Å². The summed E-state index contributed by atoms with van der Waals surface area (Å²) in [6.07, 6.45) is -3.07. The Balaban J connectivity index is 2.16. The molecule has 1 aliphatic heterocycles. The standard InChI is InChI=1S/C14H16F3NO2/c1-8(18)13(2-3-13)9-6-11-12(20-5-4-19-11)7-10(9)14(15,16)17/h6-8H,2-5,18H2,1H3. The Kier molecular flexibility index (Phi) is 2.90. The maximum atomic E-state index is 13.3. The van der Waals surface area contributed by atoms with Crippen molar-refractivity contribution in [3.8, 4) is 11.5 Å². The van der Waals surface area contributed by atoms with Crippen LogP contribution in [0.15, 0.2) is 12.1 Å². The summed E-state index contributed by atoms with van der Waals surface area (Å²) < 4.78 is 50.6.